The maximum Gasteiger partial charge on any atom is 0.0642 e. The Bertz CT molecular complexity index is 394. The van der Waals surface area contributed by atoms with Crippen molar-refractivity contribution in [1.29, 1.82) is 0 Å². The molecule has 0 aliphatic carbocycles. The highest BCUT2D eigenvalue weighted by atomic mass is 35.5. The van der Waals surface area contributed by atoms with Crippen LogP contribution < -0.4 is 10.6 Å². The molecule has 3 nitrogen and oxygen atoms in total. The number of rotatable bonds is 7. The van der Waals surface area contributed by atoms with E-state index in [0.717, 1.165) is 29.4 Å². The fourth-order valence-electron chi connectivity index (χ4n) is 2.02. The minimum Gasteiger partial charge on any atom is -0.383 e. The number of anilines is 1. The largest absolute Gasteiger partial charge is 0.383 e. The standard InChI is InChI=1S/C15H25ClN2O/c1-11(2)10-18(7-8-19-4)15-6-5-13(12(3)17)9-14(15)16/h5-6,9,11-12H,7-8,10,17H2,1-4H3/t12-/m0/s1. The first-order valence-electron chi connectivity index (χ1n) is 6.74. The molecule has 0 unspecified atom stereocenters. The van der Waals surface area contributed by atoms with Gasteiger partial charge in [0.05, 0.1) is 17.3 Å². The van der Waals surface area contributed by atoms with Crippen LogP contribution in [0.3, 0.4) is 0 Å². The van der Waals surface area contributed by atoms with Gasteiger partial charge in [0, 0.05) is 26.2 Å². The van der Waals surface area contributed by atoms with Crippen molar-refractivity contribution in [3.63, 3.8) is 0 Å². The molecule has 0 aliphatic rings. The van der Waals surface area contributed by atoms with E-state index < -0.39 is 0 Å². The van der Waals surface area contributed by atoms with Crippen LogP contribution in [0.25, 0.3) is 0 Å². The van der Waals surface area contributed by atoms with Gasteiger partial charge in [-0.1, -0.05) is 31.5 Å². The van der Waals surface area contributed by atoms with Gasteiger partial charge in [-0.25, -0.2) is 0 Å². The lowest BCUT2D eigenvalue weighted by molar-refractivity contribution is 0.204. The molecule has 1 rings (SSSR count). The van der Waals surface area contributed by atoms with Crippen molar-refractivity contribution in [2.45, 2.75) is 26.8 Å². The summed E-state index contributed by atoms with van der Waals surface area (Å²) in [6.45, 7) is 8.85. The van der Waals surface area contributed by atoms with E-state index in [2.05, 4.69) is 24.8 Å². The van der Waals surface area contributed by atoms with Gasteiger partial charge in [-0.05, 0) is 30.5 Å². The number of nitrogens with zero attached hydrogens (tertiary/aromatic N) is 1. The number of benzene rings is 1. The van der Waals surface area contributed by atoms with E-state index in [1.165, 1.54) is 0 Å². The van der Waals surface area contributed by atoms with Gasteiger partial charge in [-0.15, -0.1) is 0 Å². The first-order chi connectivity index (χ1) is 8.95. The number of methoxy groups -OCH3 is 1. The summed E-state index contributed by atoms with van der Waals surface area (Å²) >= 11 is 6.39. The molecule has 0 radical (unpaired) electrons. The molecule has 0 saturated carbocycles. The summed E-state index contributed by atoms with van der Waals surface area (Å²) in [5.74, 6) is 0.570. The van der Waals surface area contributed by atoms with Gasteiger partial charge in [-0.2, -0.15) is 0 Å². The molecule has 1 aromatic rings. The predicted octanol–water partition coefficient (Wildman–Crippen LogP) is 3.47. The van der Waals surface area contributed by atoms with Crippen LogP contribution >= 0.6 is 11.6 Å². The van der Waals surface area contributed by atoms with Crippen LogP contribution in [0.2, 0.25) is 5.02 Å². The van der Waals surface area contributed by atoms with Crippen molar-refractivity contribution in [2.75, 3.05) is 31.7 Å². The van der Waals surface area contributed by atoms with Crippen molar-refractivity contribution < 1.29 is 4.74 Å². The van der Waals surface area contributed by atoms with Crippen molar-refractivity contribution in [3.8, 4) is 0 Å². The van der Waals surface area contributed by atoms with Crippen molar-refractivity contribution in [1.82, 2.24) is 0 Å². The Balaban J connectivity index is 2.94. The van der Waals surface area contributed by atoms with Crippen LogP contribution in [0.4, 0.5) is 5.69 Å². The zero-order valence-electron chi connectivity index (χ0n) is 12.3. The van der Waals surface area contributed by atoms with Gasteiger partial charge >= 0.3 is 0 Å². The summed E-state index contributed by atoms with van der Waals surface area (Å²) < 4.78 is 5.17. The minimum atomic E-state index is 0.00377. The van der Waals surface area contributed by atoms with Crippen LogP contribution in [0.1, 0.15) is 32.4 Å². The second-order valence-electron chi connectivity index (χ2n) is 5.33. The molecule has 0 amide bonds. The number of nitrogens with two attached hydrogens (primary N) is 1. The van der Waals surface area contributed by atoms with E-state index in [4.69, 9.17) is 22.1 Å². The van der Waals surface area contributed by atoms with Gasteiger partial charge < -0.3 is 15.4 Å². The van der Waals surface area contributed by atoms with Crippen molar-refractivity contribution in [2.24, 2.45) is 11.7 Å². The summed E-state index contributed by atoms with van der Waals surface area (Å²) in [5, 5.41) is 0.756. The Morgan fingerprint density at radius 1 is 1.32 bits per heavy atom. The lowest BCUT2D eigenvalue weighted by Crippen LogP contribution is -2.31. The van der Waals surface area contributed by atoms with Gasteiger partial charge in [0.1, 0.15) is 0 Å². The number of ether oxygens (including phenoxy) is 1. The van der Waals surface area contributed by atoms with Crippen molar-refractivity contribution in [3.05, 3.63) is 28.8 Å². The fraction of sp³-hybridized carbons (Fsp3) is 0.600. The third kappa shape index (κ3) is 5.01. The first kappa shape index (κ1) is 16.3. The summed E-state index contributed by atoms with van der Waals surface area (Å²) in [6.07, 6.45) is 0. The molecule has 108 valence electrons. The summed E-state index contributed by atoms with van der Waals surface area (Å²) in [6, 6.07) is 6.07. The molecule has 1 aromatic carbocycles. The molecule has 0 fully saturated rings. The van der Waals surface area contributed by atoms with Gasteiger partial charge in [0.2, 0.25) is 0 Å². The highest BCUT2D eigenvalue weighted by Gasteiger charge is 2.13. The van der Waals surface area contributed by atoms with Gasteiger partial charge in [0.15, 0.2) is 0 Å². The Labute approximate surface area is 121 Å². The maximum atomic E-state index is 6.39. The van der Waals surface area contributed by atoms with E-state index in [0.29, 0.717) is 12.5 Å². The SMILES string of the molecule is COCCN(CC(C)C)c1ccc([C@H](C)N)cc1Cl. The summed E-state index contributed by atoms with van der Waals surface area (Å²) in [4.78, 5) is 2.27. The molecule has 0 bridgehead atoms. The van der Waals surface area contributed by atoms with E-state index in [1.807, 2.05) is 19.1 Å². The zero-order valence-corrected chi connectivity index (χ0v) is 13.1. The third-order valence-electron chi connectivity index (χ3n) is 2.99. The molecule has 0 saturated heterocycles. The predicted molar refractivity (Wildman–Crippen MR) is 83.0 cm³/mol. The molecule has 1 atom stereocenters. The second-order valence-corrected chi connectivity index (χ2v) is 5.74. The highest BCUT2D eigenvalue weighted by Crippen LogP contribution is 2.29. The van der Waals surface area contributed by atoms with Crippen LogP contribution in [-0.2, 0) is 4.74 Å². The molecule has 19 heavy (non-hydrogen) atoms. The Morgan fingerprint density at radius 2 is 2.00 bits per heavy atom. The van der Waals surface area contributed by atoms with Gasteiger partial charge in [0.25, 0.3) is 0 Å². The lowest BCUT2D eigenvalue weighted by atomic mass is 10.1. The van der Waals surface area contributed by atoms with Crippen LogP contribution in [-0.4, -0.2) is 26.8 Å². The molecular formula is C15H25ClN2O. The summed E-state index contributed by atoms with van der Waals surface area (Å²) in [5.41, 5.74) is 7.99. The Morgan fingerprint density at radius 3 is 2.47 bits per heavy atom. The molecule has 0 heterocycles. The van der Waals surface area contributed by atoms with E-state index in [9.17, 15) is 0 Å². The zero-order chi connectivity index (χ0) is 14.4. The first-order valence-corrected chi connectivity index (χ1v) is 7.12. The van der Waals surface area contributed by atoms with E-state index in [1.54, 1.807) is 7.11 Å². The number of hydrogen-bond acceptors (Lipinski definition) is 3. The Kier molecular flexibility index (Phi) is 6.63. The average Bonchev–Trinajstić information content (AvgIpc) is 2.34. The van der Waals surface area contributed by atoms with E-state index >= 15 is 0 Å². The molecule has 0 aliphatic heterocycles. The molecule has 4 heteroatoms. The highest BCUT2D eigenvalue weighted by molar-refractivity contribution is 6.33. The number of halogens is 1. The lowest BCUT2D eigenvalue weighted by Gasteiger charge is -2.27. The molecule has 0 aromatic heterocycles. The molecular weight excluding hydrogens is 260 g/mol. The smallest absolute Gasteiger partial charge is 0.0642 e. The maximum absolute atomic E-state index is 6.39. The van der Waals surface area contributed by atoms with Crippen LogP contribution in [0.5, 0.6) is 0 Å². The third-order valence-corrected chi connectivity index (χ3v) is 3.29. The number of hydrogen-bond donors (Lipinski definition) is 1. The molecule has 2 N–H and O–H groups in total. The summed E-state index contributed by atoms with van der Waals surface area (Å²) in [7, 11) is 1.72. The van der Waals surface area contributed by atoms with E-state index in [-0.39, 0.29) is 6.04 Å². The minimum absolute atomic E-state index is 0.00377. The Hall–Kier alpha value is -0.770. The second kappa shape index (κ2) is 7.73. The normalized spacial score (nSPS) is 12.8. The van der Waals surface area contributed by atoms with Gasteiger partial charge in [-0.3, -0.25) is 0 Å². The van der Waals surface area contributed by atoms with Crippen LogP contribution in [0.15, 0.2) is 18.2 Å². The molecule has 0 spiro atoms. The van der Waals surface area contributed by atoms with Crippen molar-refractivity contribution >= 4 is 17.3 Å². The average molecular weight is 285 g/mol. The monoisotopic (exact) mass is 284 g/mol. The van der Waals surface area contributed by atoms with Crippen LogP contribution in [0, 0.1) is 5.92 Å². The topological polar surface area (TPSA) is 38.5 Å². The quantitative estimate of drug-likeness (QED) is 0.833. The fourth-order valence-corrected chi connectivity index (χ4v) is 2.32.